The van der Waals surface area contributed by atoms with Crippen molar-refractivity contribution in [2.75, 3.05) is 45.9 Å². The van der Waals surface area contributed by atoms with E-state index in [1.165, 1.54) is 25.3 Å². The number of carbonyl (C=O) groups is 11. The Hall–Kier alpha value is -8.23. The van der Waals surface area contributed by atoms with E-state index in [0.29, 0.717) is 21.8 Å². The van der Waals surface area contributed by atoms with Crippen LogP contribution in [-0.4, -0.2) is 193 Å². The van der Waals surface area contributed by atoms with E-state index in [1.54, 1.807) is 68.4 Å². The molecule has 30 nitrogen and oxygen atoms in total. The van der Waals surface area contributed by atoms with E-state index >= 15 is 0 Å². The number of carbonyl (C=O) groups excluding carboxylic acids is 11. The molecule has 1 aromatic heterocycles. The summed E-state index contributed by atoms with van der Waals surface area (Å²) >= 11 is 6.15. The molecule has 11 atom stereocenters. The molecule has 0 saturated carbocycles. The van der Waals surface area contributed by atoms with Gasteiger partial charge in [0.25, 0.3) is 5.91 Å². The summed E-state index contributed by atoms with van der Waals surface area (Å²) in [4.78, 5) is 158. The Kier molecular flexibility index (Phi) is 30.2. The van der Waals surface area contributed by atoms with Gasteiger partial charge in [-0.3, -0.25) is 57.7 Å². The molecule has 31 heteroatoms. The van der Waals surface area contributed by atoms with E-state index in [-0.39, 0.29) is 76.2 Å². The molecule has 2 aromatic carbocycles. The molecule has 3 aromatic rings. The number of aromatic nitrogens is 1. The largest absolute Gasteiger partial charge is 0.394 e. The summed E-state index contributed by atoms with van der Waals surface area (Å²) < 4.78 is 0. The van der Waals surface area contributed by atoms with Gasteiger partial charge in [0.2, 0.25) is 59.1 Å². The van der Waals surface area contributed by atoms with Crippen LogP contribution in [0.15, 0.2) is 72.9 Å². The molecule has 0 aliphatic carbocycles. The highest BCUT2D eigenvalue weighted by Gasteiger charge is 2.37. The molecular formula is C57H84ClN17O13. The highest BCUT2D eigenvalue weighted by molar-refractivity contribution is 6.30. The molecule has 11 amide bonds. The second-order valence-electron chi connectivity index (χ2n) is 21.3. The number of amides is 11. The van der Waals surface area contributed by atoms with E-state index in [1.807, 2.05) is 0 Å². The van der Waals surface area contributed by atoms with Gasteiger partial charge >= 0.3 is 0 Å². The standard InChI is InChI=1S/C57H84ClN17O13/c1-30(2)24-42-53(84)69-37(13-19-60)48(79)68-39(15-21-62)52(83)75-46(31(3)77)57(88)65-23-17-40(51(82)67-38(14-20-61)49(80)72-43(54(85)71-42)25-32-8-5-4-6-9-32)70-55(86)44(28-63)73-56(87)45(29-76)74-50(81)36(12-18-59)66-47(78)34-16-22-64-41(27-34)33-10-7-11-35(58)26-33/h4-11,16,22,26-27,30-31,36-40,42-46,76-77H,12-15,17-21,23-25,28-29,59-63H2,1-3H3,(H,65,88)(H,66,78)(H,67,82)(H,68,79)(H,69,84)(H,70,86)(H,71,85)(H,72,80)(H,73,87)(H,74,81)(H,75,83)/t31-,36+,37+,38+,39+,40+,42+,43-,44-,45+,46+/m1/s1. The number of nitrogens with two attached hydrogens (primary N) is 5. The number of pyridine rings is 1. The summed E-state index contributed by atoms with van der Waals surface area (Å²) in [5.41, 5.74) is 31.1. The quantitative estimate of drug-likeness (QED) is 0.0398. The van der Waals surface area contributed by atoms with Crippen molar-refractivity contribution < 1.29 is 63.0 Å². The Morgan fingerprint density at radius 3 is 1.72 bits per heavy atom. The lowest BCUT2D eigenvalue weighted by Gasteiger charge is -2.28. The number of hydrogen-bond acceptors (Lipinski definition) is 19. The Morgan fingerprint density at radius 2 is 1.16 bits per heavy atom. The molecule has 2 heterocycles. The number of halogens is 1. The molecule has 1 fully saturated rings. The number of nitrogens with zero attached hydrogens (tertiary/aromatic N) is 1. The van der Waals surface area contributed by atoms with Crippen LogP contribution in [0.4, 0.5) is 0 Å². The van der Waals surface area contributed by atoms with Crippen LogP contribution in [0.3, 0.4) is 0 Å². The third-order valence-electron chi connectivity index (χ3n) is 13.9. The molecule has 0 bridgehead atoms. The maximum Gasteiger partial charge on any atom is 0.252 e. The number of benzene rings is 2. The van der Waals surface area contributed by atoms with E-state index in [9.17, 15) is 63.0 Å². The Labute approximate surface area is 514 Å². The molecule has 1 aliphatic heterocycles. The maximum absolute atomic E-state index is 14.5. The van der Waals surface area contributed by atoms with Gasteiger partial charge < -0.3 is 97.4 Å². The zero-order valence-electron chi connectivity index (χ0n) is 49.4. The van der Waals surface area contributed by atoms with Gasteiger partial charge in [0.05, 0.1) is 18.4 Å². The van der Waals surface area contributed by atoms with E-state index in [2.05, 4.69) is 63.5 Å². The van der Waals surface area contributed by atoms with Gasteiger partial charge in [-0.05, 0) is 107 Å². The van der Waals surface area contributed by atoms with Gasteiger partial charge in [-0.1, -0.05) is 67.9 Å². The van der Waals surface area contributed by atoms with Crippen molar-refractivity contribution in [1.29, 1.82) is 0 Å². The first-order valence-electron chi connectivity index (χ1n) is 28.8. The third kappa shape index (κ3) is 22.8. The van der Waals surface area contributed by atoms with E-state index in [0.717, 1.165) is 0 Å². The molecule has 482 valence electrons. The molecule has 88 heavy (non-hydrogen) atoms. The van der Waals surface area contributed by atoms with Crippen LogP contribution >= 0.6 is 11.6 Å². The third-order valence-corrected chi connectivity index (χ3v) is 14.1. The molecule has 23 N–H and O–H groups in total. The predicted molar refractivity (Wildman–Crippen MR) is 323 cm³/mol. The number of nitrogens with one attached hydrogen (secondary N) is 11. The lowest BCUT2D eigenvalue weighted by Crippen LogP contribution is -2.62. The molecule has 0 spiro atoms. The second kappa shape index (κ2) is 36.8. The van der Waals surface area contributed by atoms with Crippen molar-refractivity contribution in [1.82, 2.24) is 63.5 Å². The van der Waals surface area contributed by atoms with Crippen molar-refractivity contribution in [2.24, 2.45) is 34.6 Å². The van der Waals surface area contributed by atoms with Gasteiger partial charge in [-0.15, -0.1) is 0 Å². The van der Waals surface area contributed by atoms with Crippen molar-refractivity contribution >= 4 is 76.6 Å². The molecule has 4 rings (SSSR count). The van der Waals surface area contributed by atoms with Gasteiger partial charge in [-0.2, -0.15) is 0 Å². The van der Waals surface area contributed by atoms with Crippen LogP contribution in [0.1, 0.15) is 75.2 Å². The second-order valence-corrected chi connectivity index (χ2v) is 21.7. The maximum atomic E-state index is 14.5. The molecule has 0 radical (unpaired) electrons. The monoisotopic (exact) mass is 1250 g/mol. The summed E-state index contributed by atoms with van der Waals surface area (Å²) in [5, 5.41) is 49.1. The minimum atomic E-state index is -1.76. The van der Waals surface area contributed by atoms with Crippen LogP contribution in [0.5, 0.6) is 0 Å². The molecule has 1 aliphatic rings. The Morgan fingerprint density at radius 1 is 0.614 bits per heavy atom. The van der Waals surface area contributed by atoms with Crippen molar-refractivity contribution in [3.05, 3.63) is 89.1 Å². The number of rotatable bonds is 24. The zero-order chi connectivity index (χ0) is 65.0. The van der Waals surface area contributed by atoms with Crippen LogP contribution in [-0.2, 0) is 54.4 Å². The Bertz CT molecular complexity index is 2870. The number of aliphatic hydroxyl groups excluding tert-OH is 2. The normalized spacial score (nSPS) is 21.7. The highest BCUT2D eigenvalue weighted by Crippen LogP contribution is 2.22. The molecule has 1 saturated heterocycles. The smallest absolute Gasteiger partial charge is 0.252 e. The average Bonchev–Trinajstić information content (AvgIpc) is 3.70. The van der Waals surface area contributed by atoms with E-state index in [4.69, 9.17) is 40.3 Å². The summed E-state index contributed by atoms with van der Waals surface area (Å²) in [6, 6.07) is 2.83. The molecular weight excluding hydrogens is 1170 g/mol. The Balaban J connectivity index is 1.66. The first-order chi connectivity index (χ1) is 42.0. The fraction of sp³-hybridized carbons (Fsp3) is 0.509. The lowest BCUT2D eigenvalue weighted by atomic mass is 10.00. The lowest BCUT2D eigenvalue weighted by molar-refractivity contribution is -0.136. The van der Waals surface area contributed by atoms with Gasteiger partial charge in [0.1, 0.15) is 60.4 Å². The van der Waals surface area contributed by atoms with Crippen molar-refractivity contribution in [3.63, 3.8) is 0 Å². The number of aliphatic hydroxyl groups is 2. The minimum Gasteiger partial charge on any atom is -0.394 e. The fourth-order valence-electron chi connectivity index (χ4n) is 9.10. The van der Waals surface area contributed by atoms with Gasteiger partial charge in [0, 0.05) is 41.9 Å². The number of hydrogen-bond donors (Lipinski definition) is 18. The van der Waals surface area contributed by atoms with Crippen LogP contribution < -0.4 is 87.2 Å². The topological polar surface area (TPSA) is 504 Å². The SMILES string of the molecule is CC(C)C[C@@H]1NC(=O)[C@@H](Cc2ccccc2)NC(=O)[C@H](CCN)NC(=O)[C@@H](NC(=O)[C@@H](CN)NC(=O)[C@H](CO)NC(=O)[C@H](CCN)NC(=O)c2ccnc(-c3cccc(Cl)c3)c2)CCNC(=O)[C@H]([C@@H](C)O)NC(=O)[C@H](CCN)NC(=O)[C@H](CCN)NC1=O. The zero-order valence-corrected chi connectivity index (χ0v) is 50.1. The highest BCUT2D eigenvalue weighted by atomic mass is 35.5. The van der Waals surface area contributed by atoms with Crippen molar-refractivity contribution in [3.8, 4) is 11.3 Å². The van der Waals surface area contributed by atoms with Gasteiger partial charge in [-0.25, -0.2) is 0 Å². The summed E-state index contributed by atoms with van der Waals surface area (Å²) in [6.07, 6.45) is -1.50. The minimum absolute atomic E-state index is 0.0345. The van der Waals surface area contributed by atoms with Crippen LogP contribution in [0.25, 0.3) is 11.3 Å². The van der Waals surface area contributed by atoms with Crippen LogP contribution in [0, 0.1) is 5.92 Å². The summed E-state index contributed by atoms with van der Waals surface area (Å²) in [5.74, 6) is -10.7. The first-order valence-corrected chi connectivity index (χ1v) is 29.2. The van der Waals surface area contributed by atoms with Gasteiger partial charge in [0.15, 0.2) is 0 Å². The fourth-order valence-corrected chi connectivity index (χ4v) is 9.29. The van der Waals surface area contributed by atoms with Crippen LogP contribution in [0.2, 0.25) is 5.02 Å². The summed E-state index contributed by atoms with van der Waals surface area (Å²) in [7, 11) is 0. The first kappa shape index (κ1) is 72.2. The molecule has 0 unspecified atom stereocenters. The van der Waals surface area contributed by atoms with E-state index < -0.39 is 158 Å². The van der Waals surface area contributed by atoms with Crippen molar-refractivity contribution in [2.45, 2.75) is 132 Å². The average molecular weight is 1250 g/mol. The predicted octanol–water partition coefficient (Wildman–Crippen LogP) is -5.60. The summed E-state index contributed by atoms with van der Waals surface area (Å²) in [6.45, 7) is 1.96.